The topological polar surface area (TPSA) is 59.3 Å². The number of ether oxygens (including phenoxy) is 1. The molecule has 2 aromatic rings. The van der Waals surface area contributed by atoms with Crippen molar-refractivity contribution in [3.8, 4) is 5.75 Å². The third-order valence-corrected chi connectivity index (χ3v) is 3.36. The number of aromatic nitrogens is 2. The number of benzene rings is 1. The minimum absolute atomic E-state index is 0.283. The molecule has 114 valence electrons. The Bertz CT molecular complexity index is 554. The highest BCUT2D eigenvalue weighted by Gasteiger charge is 2.06. The highest BCUT2D eigenvalue weighted by molar-refractivity contribution is 5.28. The van der Waals surface area contributed by atoms with E-state index in [2.05, 4.69) is 23.4 Å². The number of aryl methyl sites for hydroxylation is 2. The highest BCUT2D eigenvalue weighted by atomic mass is 16.5. The molecule has 0 fully saturated rings. The first-order valence-electron chi connectivity index (χ1n) is 7.26. The van der Waals surface area contributed by atoms with Crippen LogP contribution in [-0.4, -0.2) is 34.1 Å². The van der Waals surface area contributed by atoms with Crippen LogP contribution in [0.25, 0.3) is 0 Å². The Hall–Kier alpha value is -1.85. The van der Waals surface area contributed by atoms with Crippen LogP contribution in [-0.2, 0) is 20.0 Å². The van der Waals surface area contributed by atoms with E-state index in [1.165, 1.54) is 5.56 Å². The molecule has 0 radical (unpaired) electrons. The minimum atomic E-state index is -0.538. The van der Waals surface area contributed by atoms with Crippen molar-refractivity contribution in [1.82, 2.24) is 15.1 Å². The van der Waals surface area contributed by atoms with Crippen LogP contribution in [0.1, 0.15) is 18.2 Å². The average Bonchev–Trinajstić information content (AvgIpc) is 2.91. The summed E-state index contributed by atoms with van der Waals surface area (Å²) >= 11 is 0. The summed E-state index contributed by atoms with van der Waals surface area (Å²) in [5, 5.41) is 17.2. The second kappa shape index (κ2) is 7.81. The van der Waals surface area contributed by atoms with Crippen LogP contribution in [0.2, 0.25) is 0 Å². The maximum atomic E-state index is 9.92. The first-order chi connectivity index (χ1) is 10.2. The molecule has 1 aromatic heterocycles. The van der Waals surface area contributed by atoms with Crippen LogP contribution >= 0.6 is 0 Å². The Morgan fingerprint density at radius 1 is 1.38 bits per heavy atom. The van der Waals surface area contributed by atoms with Gasteiger partial charge in [0.05, 0.1) is 5.69 Å². The first kappa shape index (κ1) is 15.5. The van der Waals surface area contributed by atoms with Gasteiger partial charge in [-0.05, 0) is 30.2 Å². The molecule has 0 amide bonds. The molecule has 5 heteroatoms. The summed E-state index contributed by atoms with van der Waals surface area (Å²) < 4.78 is 7.43. The number of hydrogen-bond acceptors (Lipinski definition) is 4. The molecule has 1 atom stereocenters. The van der Waals surface area contributed by atoms with Gasteiger partial charge in [0, 0.05) is 26.3 Å². The van der Waals surface area contributed by atoms with Gasteiger partial charge in [-0.2, -0.15) is 5.10 Å². The molecule has 1 aromatic carbocycles. The van der Waals surface area contributed by atoms with Gasteiger partial charge < -0.3 is 15.2 Å². The highest BCUT2D eigenvalue weighted by Crippen LogP contribution is 2.13. The molecule has 0 aliphatic rings. The fourth-order valence-corrected chi connectivity index (χ4v) is 2.05. The summed E-state index contributed by atoms with van der Waals surface area (Å²) in [5.41, 5.74) is 2.31. The van der Waals surface area contributed by atoms with Gasteiger partial charge in [0.15, 0.2) is 0 Å². The molecule has 1 heterocycles. The van der Waals surface area contributed by atoms with Crippen LogP contribution in [0.4, 0.5) is 0 Å². The molecular formula is C16H23N3O2. The Kier molecular flexibility index (Phi) is 5.78. The lowest BCUT2D eigenvalue weighted by molar-refractivity contribution is 0.106. The lowest BCUT2D eigenvalue weighted by atomic mass is 10.2. The maximum absolute atomic E-state index is 9.92. The molecule has 0 saturated carbocycles. The van der Waals surface area contributed by atoms with Crippen molar-refractivity contribution >= 4 is 0 Å². The number of hydrogen-bond donors (Lipinski definition) is 2. The predicted molar refractivity (Wildman–Crippen MR) is 82.2 cm³/mol. The second-order valence-corrected chi connectivity index (χ2v) is 5.04. The Morgan fingerprint density at radius 3 is 2.95 bits per heavy atom. The quantitative estimate of drug-likeness (QED) is 0.773. The lowest BCUT2D eigenvalue weighted by Gasteiger charge is -2.14. The number of nitrogens with one attached hydrogen (secondary N) is 1. The van der Waals surface area contributed by atoms with Crippen LogP contribution in [0.15, 0.2) is 36.5 Å². The molecule has 1 unspecified atom stereocenters. The van der Waals surface area contributed by atoms with Gasteiger partial charge in [0.25, 0.3) is 0 Å². The van der Waals surface area contributed by atoms with Gasteiger partial charge in [0.1, 0.15) is 18.5 Å². The SMILES string of the molecule is CCc1cccc(OCC(O)CNCc2ccnn2C)c1. The molecule has 0 saturated heterocycles. The Balaban J connectivity index is 1.69. The summed E-state index contributed by atoms with van der Waals surface area (Å²) in [6.45, 7) is 3.55. The third kappa shape index (κ3) is 4.88. The first-order valence-corrected chi connectivity index (χ1v) is 7.26. The Morgan fingerprint density at radius 2 is 2.24 bits per heavy atom. The van der Waals surface area contributed by atoms with E-state index in [0.717, 1.165) is 17.9 Å². The summed E-state index contributed by atoms with van der Waals surface area (Å²) in [5.74, 6) is 0.806. The number of rotatable bonds is 8. The summed E-state index contributed by atoms with van der Waals surface area (Å²) in [4.78, 5) is 0. The fraction of sp³-hybridized carbons (Fsp3) is 0.438. The normalized spacial score (nSPS) is 12.3. The Labute approximate surface area is 125 Å². The molecule has 0 aliphatic heterocycles. The van der Waals surface area contributed by atoms with Crippen molar-refractivity contribution in [3.63, 3.8) is 0 Å². The molecule has 21 heavy (non-hydrogen) atoms. The van der Waals surface area contributed by atoms with Gasteiger partial charge in [0.2, 0.25) is 0 Å². The number of aliphatic hydroxyl groups excluding tert-OH is 1. The molecule has 2 rings (SSSR count). The van der Waals surface area contributed by atoms with E-state index < -0.39 is 6.10 Å². The average molecular weight is 289 g/mol. The van der Waals surface area contributed by atoms with Crippen LogP contribution in [0, 0.1) is 0 Å². The second-order valence-electron chi connectivity index (χ2n) is 5.04. The van der Waals surface area contributed by atoms with Gasteiger partial charge in [-0.25, -0.2) is 0 Å². The van der Waals surface area contributed by atoms with Gasteiger partial charge >= 0.3 is 0 Å². The van der Waals surface area contributed by atoms with E-state index in [-0.39, 0.29) is 6.61 Å². The molecule has 5 nitrogen and oxygen atoms in total. The van der Waals surface area contributed by atoms with Crippen molar-refractivity contribution in [2.24, 2.45) is 7.05 Å². The molecule has 0 spiro atoms. The molecular weight excluding hydrogens is 266 g/mol. The van der Waals surface area contributed by atoms with Crippen molar-refractivity contribution in [1.29, 1.82) is 0 Å². The van der Waals surface area contributed by atoms with Gasteiger partial charge in [-0.15, -0.1) is 0 Å². The zero-order valence-corrected chi connectivity index (χ0v) is 12.6. The van der Waals surface area contributed by atoms with Crippen molar-refractivity contribution in [2.45, 2.75) is 26.0 Å². The van der Waals surface area contributed by atoms with E-state index in [9.17, 15) is 5.11 Å². The lowest BCUT2D eigenvalue weighted by Crippen LogP contribution is -2.31. The summed E-state index contributed by atoms with van der Waals surface area (Å²) in [7, 11) is 1.90. The largest absolute Gasteiger partial charge is 0.491 e. The smallest absolute Gasteiger partial charge is 0.119 e. The predicted octanol–water partition coefficient (Wildman–Crippen LogP) is 1.51. The monoisotopic (exact) mass is 289 g/mol. The summed E-state index contributed by atoms with van der Waals surface area (Å²) in [6.07, 6.45) is 2.20. The van der Waals surface area contributed by atoms with E-state index in [0.29, 0.717) is 13.1 Å². The fourth-order valence-electron chi connectivity index (χ4n) is 2.05. The van der Waals surface area contributed by atoms with Gasteiger partial charge in [-0.1, -0.05) is 19.1 Å². The molecule has 2 N–H and O–H groups in total. The third-order valence-electron chi connectivity index (χ3n) is 3.36. The van der Waals surface area contributed by atoms with Crippen molar-refractivity contribution in [2.75, 3.05) is 13.2 Å². The zero-order chi connectivity index (χ0) is 15.1. The van der Waals surface area contributed by atoms with E-state index in [1.807, 2.05) is 36.0 Å². The molecule has 0 aliphatic carbocycles. The van der Waals surface area contributed by atoms with E-state index in [1.54, 1.807) is 6.20 Å². The van der Waals surface area contributed by atoms with E-state index in [4.69, 9.17) is 4.74 Å². The molecule has 0 bridgehead atoms. The maximum Gasteiger partial charge on any atom is 0.119 e. The zero-order valence-electron chi connectivity index (χ0n) is 12.6. The van der Waals surface area contributed by atoms with Crippen molar-refractivity contribution in [3.05, 3.63) is 47.8 Å². The van der Waals surface area contributed by atoms with Crippen LogP contribution < -0.4 is 10.1 Å². The van der Waals surface area contributed by atoms with Crippen molar-refractivity contribution < 1.29 is 9.84 Å². The van der Waals surface area contributed by atoms with Gasteiger partial charge in [-0.3, -0.25) is 4.68 Å². The van der Waals surface area contributed by atoms with Crippen LogP contribution in [0.3, 0.4) is 0 Å². The number of nitrogens with zero attached hydrogens (tertiary/aromatic N) is 2. The number of aliphatic hydroxyl groups is 1. The minimum Gasteiger partial charge on any atom is -0.491 e. The van der Waals surface area contributed by atoms with Crippen LogP contribution in [0.5, 0.6) is 5.75 Å². The standard InChI is InChI=1S/C16H23N3O2/c1-3-13-5-4-6-16(9-13)21-12-15(20)11-17-10-14-7-8-18-19(14)2/h4-9,15,17,20H,3,10-12H2,1-2H3. The van der Waals surface area contributed by atoms with E-state index >= 15 is 0 Å². The summed E-state index contributed by atoms with van der Waals surface area (Å²) in [6, 6.07) is 9.91.